The summed E-state index contributed by atoms with van der Waals surface area (Å²) in [7, 11) is 0. The van der Waals surface area contributed by atoms with Gasteiger partial charge < -0.3 is 25.8 Å². The zero-order valence-electron chi connectivity index (χ0n) is 19.5. The Morgan fingerprint density at radius 3 is 2.13 bits per heavy atom. The third kappa shape index (κ3) is 14.5. The highest BCUT2D eigenvalue weighted by Gasteiger charge is 2.23. The molecular formula is C22H41N3O6. The Labute approximate surface area is 186 Å². The lowest BCUT2D eigenvalue weighted by molar-refractivity contribution is -0.145. The van der Waals surface area contributed by atoms with Crippen LogP contribution in [0.5, 0.6) is 0 Å². The fourth-order valence-corrected chi connectivity index (χ4v) is 2.99. The van der Waals surface area contributed by atoms with E-state index in [1.54, 1.807) is 13.8 Å². The maximum absolute atomic E-state index is 12.7. The summed E-state index contributed by atoms with van der Waals surface area (Å²) in [6.45, 7) is 7.98. The van der Waals surface area contributed by atoms with Crippen molar-refractivity contribution in [2.24, 2.45) is 5.73 Å². The van der Waals surface area contributed by atoms with Crippen molar-refractivity contribution in [1.82, 2.24) is 10.6 Å². The summed E-state index contributed by atoms with van der Waals surface area (Å²) in [5.41, 5.74) is 5.72. The van der Waals surface area contributed by atoms with Crippen LogP contribution in [0.25, 0.3) is 0 Å². The molecule has 0 radical (unpaired) electrons. The van der Waals surface area contributed by atoms with Gasteiger partial charge in [-0.1, -0.05) is 26.2 Å². The lowest BCUT2D eigenvalue weighted by Crippen LogP contribution is -2.49. The molecule has 1 unspecified atom stereocenters. The molecule has 0 spiro atoms. The number of nitrogens with two attached hydrogens (primary N) is 1. The molecule has 3 atom stereocenters. The monoisotopic (exact) mass is 443 g/mol. The van der Waals surface area contributed by atoms with E-state index in [4.69, 9.17) is 15.2 Å². The molecule has 0 aliphatic carbocycles. The summed E-state index contributed by atoms with van der Waals surface area (Å²) >= 11 is 0. The van der Waals surface area contributed by atoms with Crippen LogP contribution >= 0.6 is 0 Å². The third-order valence-corrected chi connectivity index (χ3v) is 4.73. The van der Waals surface area contributed by atoms with Gasteiger partial charge in [0.2, 0.25) is 11.8 Å². The average Bonchev–Trinajstić information content (AvgIpc) is 2.71. The lowest BCUT2D eigenvalue weighted by atomic mass is 10.1. The molecule has 9 heteroatoms. The Morgan fingerprint density at radius 2 is 1.52 bits per heavy atom. The normalized spacial score (nSPS) is 13.6. The molecule has 0 heterocycles. The third-order valence-electron chi connectivity index (χ3n) is 4.73. The first-order valence-corrected chi connectivity index (χ1v) is 11.4. The Morgan fingerprint density at radius 1 is 0.839 bits per heavy atom. The molecule has 0 aliphatic rings. The summed E-state index contributed by atoms with van der Waals surface area (Å²) in [6, 6.07) is -1.67. The standard InChI is InChI=1S/C22H41N3O6/c1-5-8-9-11-16(4)24-21(28)18(12-10-13-20(27)30-6-2)25-19(26)15-14-17(23)22(29)31-7-3/h16-18H,5-15,23H2,1-4H3,(H,24,28)(H,25,26)/t16?,17-,18+/m0/s1. The largest absolute Gasteiger partial charge is 0.466 e. The highest BCUT2D eigenvalue weighted by Crippen LogP contribution is 2.07. The van der Waals surface area contributed by atoms with Crippen molar-refractivity contribution < 1.29 is 28.7 Å². The molecule has 0 aromatic carbocycles. The molecule has 0 rings (SSSR count). The zero-order valence-corrected chi connectivity index (χ0v) is 19.5. The van der Waals surface area contributed by atoms with Crippen molar-refractivity contribution in [3.8, 4) is 0 Å². The minimum atomic E-state index is -0.889. The molecule has 0 saturated heterocycles. The van der Waals surface area contributed by atoms with Crippen LogP contribution in [0, 0.1) is 0 Å². The average molecular weight is 444 g/mol. The van der Waals surface area contributed by atoms with Gasteiger partial charge in [-0.2, -0.15) is 0 Å². The number of rotatable bonds is 17. The maximum atomic E-state index is 12.7. The summed E-state index contributed by atoms with van der Waals surface area (Å²) in [4.78, 5) is 48.2. The van der Waals surface area contributed by atoms with Crippen LogP contribution in [0.1, 0.15) is 85.5 Å². The number of hydrogen-bond donors (Lipinski definition) is 3. The highest BCUT2D eigenvalue weighted by molar-refractivity contribution is 5.88. The number of ether oxygens (including phenoxy) is 2. The summed E-state index contributed by atoms with van der Waals surface area (Å²) in [5, 5.41) is 5.65. The maximum Gasteiger partial charge on any atom is 0.322 e. The van der Waals surface area contributed by atoms with Crippen molar-refractivity contribution in [2.75, 3.05) is 13.2 Å². The second kappa shape index (κ2) is 17.5. The summed E-state index contributed by atoms with van der Waals surface area (Å²) < 4.78 is 9.74. The smallest absolute Gasteiger partial charge is 0.322 e. The van der Waals surface area contributed by atoms with Gasteiger partial charge >= 0.3 is 11.9 Å². The van der Waals surface area contributed by atoms with E-state index in [9.17, 15) is 19.2 Å². The molecule has 0 fully saturated rings. The van der Waals surface area contributed by atoms with Gasteiger partial charge in [0.15, 0.2) is 0 Å². The van der Waals surface area contributed by atoms with E-state index in [0.717, 1.165) is 25.7 Å². The van der Waals surface area contributed by atoms with Crippen LogP contribution in [-0.2, 0) is 28.7 Å². The highest BCUT2D eigenvalue weighted by atomic mass is 16.5. The molecule has 0 bridgehead atoms. The molecule has 4 N–H and O–H groups in total. The molecule has 0 saturated carbocycles. The van der Waals surface area contributed by atoms with Gasteiger partial charge in [-0.15, -0.1) is 0 Å². The Balaban J connectivity index is 4.76. The number of nitrogens with one attached hydrogen (secondary N) is 2. The molecule has 9 nitrogen and oxygen atoms in total. The van der Waals surface area contributed by atoms with Crippen molar-refractivity contribution in [3.63, 3.8) is 0 Å². The number of esters is 2. The lowest BCUT2D eigenvalue weighted by Gasteiger charge is -2.22. The molecule has 0 aromatic heterocycles. The summed E-state index contributed by atoms with van der Waals surface area (Å²) in [5.74, 6) is -1.55. The summed E-state index contributed by atoms with van der Waals surface area (Å²) in [6.07, 6.45) is 5.07. The minimum Gasteiger partial charge on any atom is -0.466 e. The van der Waals surface area contributed by atoms with Crippen molar-refractivity contribution in [2.45, 2.75) is 104 Å². The molecular weight excluding hydrogens is 402 g/mol. The van der Waals surface area contributed by atoms with E-state index >= 15 is 0 Å². The van der Waals surface area contributed by atoms with Crippen LogP contribution in [0.4, 0.5) is 0 Å². The predicted molar refractivity (Wildman–Crippen MR) is 118 cm³/mol. The molecule has 0 aliphatic heterocycles. The minimum absolute atomic E-state index is 0.00626. The van der Waals surface area contributed by atoms with Gasteiger partial charge in [0.25, 0.3) is 0 Å². The van der Waals surface area contributed by atoms with E-state index in [0.29, 0.717) is 19.4 Å². The van der Waals surface area contributed by atoms with Crippen LogP contribution < -0.4 is 16.4 Å². The van der Waals surface area contributed by atoms with Gasteiger partial charge in [0.1, 0.15) is 12.1 Å². The first-order valence-electron chi connectivity index (χ1n) is 11.4. The fraction of sp³-hybridized carbons (Fsp3) is 0.818. The van der Waals surface area contributed by atoms with Crippen molar-refractivity contribution in [3.05, 3.63) is 0 Å². The number of unbranched alkanes of at least 4 members (excludes halogenated alkanes) is 2. The van der Waals surface area contributed by atoms with Gasteiger partial charge in [-0.3, -0.25) is 19.2 Å². The Bertz CT molecular complexity index is 555. The number of carbonyl (C=O) groups is 4. The quantitative estimate of drug-likeness (QED) is 0.231. The van der Waals surface area contributed by atoms with E-state index in [-0.39, 0.29) is 49.7 Å². The van der Waals surface area contributed by atoms with E-state index in [1.807, 2.05) is 6.92 Å². The second-order valence-electron chi connectivity index (χ2n) is 7.62. The Hall–Kier alpha value is -2.16. The van der Waals surface area contributed by atoms with E-state index < -0.39 is 18.1 Å². The van der Waals surface area contributed by atoms with Gasteiger partial charge in [0.05, 0.1) is 13.2 Å². The molecule has 31 heavy (non-hydrogen) atoms. The number of carbonyl (C=O) groups excluding carboxylic acids is 4. The van der Waals surface area contributed by atoms with Crippen LogP contribution in [0.15, 0.2) is 0 Å². The number of amides is 2. The SMILES string of the molecule is CCCCCC(C)NC(=O)[C@@H](CCCC(=O)OCC)NC(=O)CC[C@H](N)C(=O)OCC. The van der Waals surface area contributed by atoms with Crippen LogP contribution in [0.2, 0.25) is 0 Å². The zero-order chi connectivity index (χ0) is 23.6. The Kier molecular flexibility index (Phi) is 16.3. The van der Waals surface area contributed by atoms with Gasteiger partial charge in [-0.25, -0.2) is 0 Å². The first kappa shape index (κ1) is 28.8. The van der Waals surface area contributed by atoms with Gasteiger partial charge in [0, 0.05) is 18.9 Å². The number of hydrogen-bond acceptors (Lipinski definition) is 7. The predicted octanol–water partition coefficient (Wildman–Crippen LogP) is 1.96. The second-order valence-corrected chi connectivity index (χ2v) is 7.62. The molecule has 0 aromatic rings. The van der Waals surface area contributed by atoms with Gasteiger partial charge in [-0.05, 0) is 46.5 Å². The first-order chi connectivity index (χ1) is 14.7. The van der Waals surface area contributed by atoms with Crippen molar-refractivity contribution in [1.29, 1.82) is 0 Å². The molecule has 2 amide bonds. The fourth-order valence-electron chi connectivity index (χ4n) is 2.99. The van der Waals surface area contributed by atoms with Crippen LogP contribution in [0.3, 0.4) is 0 Å². The van der Waals surface area contributed by atoms with Crippen LogP contribution in [-0.4, -0.2) is 55.1 Å². The van der Waals surface area contributed by atoms with E-state index in [2.05, 4.69) is 17.6 Å². The molecule has 180 valence electrons. The topological polar surface area (TPSA) is 137 Å². The van der Waals surface area contributed by atoms with Crippen molar-refractivity contribution >= 4 is 23.8 Å². The van der Waals surface area contributed by atoms with E-state index in [1.165, 1.54) is 0 Å².